The first-order chi connectivity index (χ1) is 9.15. The molecule has 0 amide bonds. The van der Waals surface area contributed by atoms with Crippen molar-refractivity contribution >= 4 is 0 Å². The van der Waals surface area contributed by atoms with E-state index in [0.717, 1.165) is 18.7 Å². The molecule has 1 aliphatic heterocycles. The SMILES string of the molecule is CN1Cc2ccccc2C(c2ccc(F)c(F)c2)C1. The molecule has 0 radical (unpaired) electrons. The van der Waals surface area contributed by atoms with E-state index < -0.39 is 11.6 Å². The molecule has 0 bridgehead atoms. The molecule has 0 saturated heterocycles. The molecule has 1 aliphatic rings. The molecule has 0 spiro atoms. The molecule has 3 heteroatoms. The molecule has 2 aromatic rings. The lowest BCUT2D eigenvalue weighted by Gasteiger charge is -2.32. The van der Waals surface area contributed by atoms with Crippen molar-refractivity contribution in [1.29, 1.82) is 0 Å². The second-order valence-electron chi connectivity index (χ2n) is 5.12. The van der Waals surface area contributed by atoms with Crippen LogP contribution in [0.1, 0.15) is 22.6 Å². The molecule has 1 atom stereocenters. The van der Waals surface area contributed by atoms with Crippen molar-refractivity contribution in [2.24, 2.45) is 0 Å². The van der Waals surface area contributed by atoms with E-state index in [9.17, 15) is 8.78 Å². The Morgan fingerprint density at radius 2 is 1.84 bits per heavy atom. The van der Waals surface area contributed by atoms with Gasteiger partial charge in [-0.2, -0.15) is 0 Å². The Kier molecular flexibility index (Phi) is 3.07. The first-order valence-corrected chi connectivity index (χ1v) is 6.36. The van der Waals surface area contributed by atoms with Crippen LogP contribution in [0.15, 0.2) is 42.5 Å². The van der Waals surface area contributed by atoms with Crippen LogP contribution in [-0.4, -0.2) is 18.5 Å². The van der Waals surface area contributed by atoms with Gasteiger partial charge in [0.1, 0.15) is 0 Å². The molecular weight excluding hydrogens is 244 g/mol. The van der Waals surface area contributed by atoms with Crippen LogP contribution in [0.3, 0.4) is 0 Å². The third-order valence-electron chi connectivity index (χ3n) is 3.71. The number of fused-ring (bicyclic) bond motifs is 1. The van der Waals surface area contributed by atoms with E-state index in [-0.39, 0.29) is 5.92 Å². The molecule has 0 N–H and O–H groups in total. The third kappa shape index (κ3) is 2.26. The Bertz CT molecular complexity index is 609. The van der Waals surface area contributed by atoms with E-state index in [1.807, 2.05) is 19.2 Å². The van der Waals surface area contributed by atoms with Crippen molar-refractivity contribution in [1.82, 2.24) is 4.90 Å². The summed E-state index contributed by atoms with van der Waals surface area (Å²) in [4.78, 5) is 2.20. The van der Waals surface area contributed by atoms with Crippen LogP contribution in [-0.2, 0) is 6.54 Å². The fourth-order valence-corrected chi connectivity index (χ4v) is 2.80. The second-order valence-corrected chi connectivity index (χ2v) is 5.12. The molecule has 98 valence electrons. The summed E-state index contributed by atoms with van der Waals surface area (Å²) in [5.74, 6) is -1.46. The van der Waals surface area contributed by atoms with E-state index in [0.29, 0.717) is 0 Å². The highest BCUT2D eigenvalue weighted by atomic mass is 19.2. The summed E-state index contributed by atoms with van der Waals surface area (Å²) in [6, 6.07) is 12.4. The summed E-state index contributed by atoms with van der Waals surface area (Å²) in [6.07, 6.45) is 0. The van der Waals surface area contributed by atoms with Gasteiger partial charge in [-0.3, -0.25) is 0 Å². The minimum Gasteiger partial charge on any atom is -0.301 e. The number of benzene rings is 2. The molecule has 0 saturated carbocycles. The maximum Gasteiger partial charge on any atom is 0.159 e. The number of hydrogen-bond donors (Lipinski definition) is 0. The summed E-state index contributed by atoms with van der Waals surface area (Å²) >= 11 is 0. The van der Waals surface area contributed by atoms with Gasteiger partial charge in [0.2, 0.25) is 0 Å². The zero-order valence-corrected chi connectivity index (χ0v) is 10.7. The lowest BCUT2D eigenvalue weighted by Crippen LogP contribution is -2.30. The van der Waals surface area contributed by atoms with Gasteiger partial charge in [-0.15, -0.1) is 0 Å². The standard InChI is InChI=1S/C16H15F2N/c1-19-9-12-4-2-3-5-13(12)14(10-19)11-6-7-15(17)16(18)8-11/h2-8,14H,9-10H2,1H3. The van der Waals surface area contributed by atoms with Crippen molar-refractivity contribution in [2.75, 3.05) is 13.6 Å². The van der Waals surface area contributed by atoms with E-state index in [1.165, 1.54) is 23.3 Å². The highest BCUT2D eigenvalue weighted by Crippen LogP contribution is 2.33. The van der Waals surface area contributed by atoms with Crippen molar-refractivity contribution in [3.8, 4) is 0 Å². The van der Waals surface area contributed by atoms with Crippen LogP contribution in [0, 0.1) is 11.6 Å². The minimum atomic E-state index is -0.791. The molecule has 0 aliphatic carbocycles. The summed E-state index contributed by atoms with van der Waals surface area (Å²) in [6.45, 7) is 1.72. The first-order valence-electron chi connectivity index (χ1n) is 6.36. The lowest BCUT2D eigenvalue weighted by molar-refractivity contribution is 0.295. The maximum absolute atomic E-state index is 13.4. The van der Waals surface area contributed by atoms with Gasteiger partial charge < -0.3 is 4.90 Å². The van der Waals surface area contributed by atoms with Crippen molar-refractivity contribution in [3.05, 3.63) is 70.8 Å². The molecular formula is C16H15F2N. The molecule has 3 rings (SSSR count). The maximum atomic E-state index is 13.4. The predicted molar refractivity (Wildman–Crippen MR) is 71.0 cm³/mol. The Hall–Kier alpha value is -1.74. The van der Waals surface area contributed by atoms with Crippen molar-refractivity contribution in [2.45, 2.75) is 12.5 Å². The zero-order chi connectivity index (χ0) is 13.4. The van der Waals surface area contributed by atoms with Crippen LogP contribution in [0.2, 0.25) is 0 Å². The molecule has 0 fully saturated rings. The summed E-state index contributed by atoms with van der Waals surface area (Å²) in [5, 5.41) is 0. The number of rotatable bonds is 1. The largest absolute Gasteiger partial charge is 0.301 e. The Morgan fingerprint density at radius 1 is 1.05 bits per heavy atom. The average Bonchev–Trinajstić information content (AvgIpc) is 2.41. The monoisotopic (exact) mass is 259 g/mol. The van der Waals surface area contributed by atoms with Gasteiger partial charge >= 0.3 is 0 Å². The van der Waals surface area contributed by atoms with Crippen LogP contribution in [0.4, 0.5) is 8.78 Å². The molecule has 2 aromatic carbocycles. The Morgan fingerprint density at radius 3 is 2.63 bits per heavy atom. The van der Waals surface area contributed by atoms with E-state index >= 15 is 0 Å². The van der Waals surface area contributed by atoms with Crippen molar-refractivity contribution in [3.63, 3.8) is 0 Å². The topological polar surface area (TPSA) is 3.24 Å². The Labute approximate surface area is 111 Å². The average molecular weight is 259 g/mol. The van der Waals surface area contributed by atoms with E-state index in [4.69, 9.17) is 0 Å². The number of nitrogens with zero attached hydrogens (tertiary/aromatic N) is 1. The quantitative estimate of drug-likeness (QED) is 0.757. The van der Waals surface area contributed by atoms with Crippen molar-refractivity contribution < 1.29 is 8.78 Å². The fourth-order valence-electron chi connectivity index (χ4n) is 2.80. The lowest BCUT2D eigenvalue weighted by atomic mass is 9.85. The Balaban J connectivity index is 2.07. The number of hydrogen-bond acceptors (Lipinski definition) is 1. The normalized spacial score (nSPS) is 19.2. The first kappa shape index (κ1) is 12.3. The van der Waals surface area contributed by atoms with E-state index in [2.05, 4.69) is 17.0 Å². The molecule has 0 aromatic heterocycles. The van der Waals surface area contributed by atoms with Gasteiger partial charge in [-0.05, 0) is 35.9 Å². The van der Waals surface area contributed by atoms with Gasteiger partial charge in [0.25, 0.3) is 0 Å². The summed E-state index contributed by atoms with van der Waals surface area (Å²) in [7, 11) is 2.04. The fraction of sp³-hybridized carbons (Fsp3) is 0.250. The number of likely N-dealkylation sites (N-methyl/N-ethyl adjacent to an activating group) is 1. The minimum absolute atomic E-state index is 0.102. The highest BCUT2D eigenvalue weighted by molar-refractivity contribution is 5.40. The molecule has 1 unspecified atom stereocenters. The van der Waals surface area contributed by atoms with Gasteiger partial charge in [-0.1, -0.05) is 30.3 Å². The molecule has 1 heterocycles. The van der Waals surface area contributed by atoms with Crippen LogP contribution >= 0.6 is 0 Å². The highest BCUT2D eigenvalue weighted by Gasteiger charge is 2.24. The van der Waals surface area contributed by atoms with Crippen LogP contribution in [0.5, 0.6) is 0 Å². The van der Waals surface area contributed by atoms with Crippen LogP contribution in [0.25, 0.3) is 0 Å². The van der Waals surface area contributed by atoms with Crippen LogP contribution < -0.4 is 0 Å². The summed E-state index contributed by atoms with van der Waals surface area (Å²) < 4.78 is 26.5. The molecule has 19 heavy (non-hydrogen) atoms. The third-order valence-corrected chi connectivity index (χ3v) is 3.71. The predicted octanol–water partition coefficient (Wildman–Crippen LogP) is 3.54. The number of halogens is 2. The van der Waals surface area contributed by atoms with E-state index in [1.54, 1.807) is 6.07 Å². The summed E-state index contributed by atoms with van der Waals surface area (Å²) in [5.41, 5.74) is 3.30. The van der Waals surface area contributed by atoms with Gasteiger partial charge in [-0.25, -0.2) is 8.78 Å². The smallest absolute Gasteiger partial charge is 0.159 e. The zero-order valence-electron chi connectivity index (χ0n) is 10.7. The second kappa shape index (κ2) is 4.74. The van der Waals surface area contributed by atoms with Gasteiger partial charge in [0, 0.05) is 19.0 Å². The van der Waals surface area contributed by atoms with Gasteiger partial charge in [0.05, 0.1) is 0 Å². The molecule has 1 nitrogen and oxygen atoms in total. The van der Waals surface area contributed by atoms with Gasteiger partial charge in [0.15, 0.2) is 11.6 Å².